The number of hydrogen-bond acceptors (Lipinski definition) is 3. The molecule has 0 aromatic rings. The van der Waals surface area contributed by atoms with E-state index in [4.69, 9.17) is 5.73 Å². The van der Waals surface area contributed by atoms with Crippen molar-refractivity contribution in [2.75, 3.05) is 0 Å². The molecular weight excluding hydrogens is 198 g/mol. The van der Waals surface area contributed by atoms with Gasteiger partial charge in [0.05, 0.1) is 11.3 Å². The van der Waals surface area contributed by atoms with Crippen LogP contribution in [0.4, 0.5) is 4.79 Å². The summed E-state index contributed by atoms with van der Waals surface area (Å²) in [6.45, 7) is 0. The van der Waals surface area contributed by atoms with Crippen molar-refractivity contribution < 1.29 is 4.79 Å². The molecule has 0 aromatic carbocycles. The summed E-state index contributed by atoms with van der Waals surface area (Å²) >= 11 is 1.76. The minimum Gasteiger partial charge on any atom is -0.386 e. The van der Waals surface area contributed by atoms with Crippen molar-refractivity contribution in [2.24, 2.45) is 16.6 Å². The standard InChI is InChI=1S/C9H11N3OS/c10-7-6-4-2-1-3-5(4)14-8(6)12-9(13)11-7/h6,8H,1-3H2,(H3,10,11,12,13). The first-order chi connectivity index (χ1) is 6.75. The summed E-state index contributed by atoms with van der Waals surface area (Å²) in [7, 11) is 0. The predicted octanol–water partition coefficient (Wildman–Crippen LogP) is 1.19. The minimum atomic E-state index is -0.294. The van der Waals surface area contributed by atoms with Gasteiger partial charge in [-0.1, -0.05) is 0 Å². The van der Waals surface area contributed by atoms with Gasteiger partial charge in [-0.05, 0) is 29.7 Å². The number of carbonyl (C=O) groups is 1. The topological polar surface area (TPSA) is 67.5 Å². The largest absolute Gasteiger partial charge is 0.386 e. The molecule has 0 fully saturated rings. The summed E-state index contributed by atoms with van der Waals surface area (Å²) in [6.07, 6.45) is 3.49. The Labute approximate surface area is 86.0 Å². The van der Waals surface area contributed by atoms with E-state index in [1.165, 1.54) is 16.9 Å². The number of nitrogens with two attached hydrogens (primary N) is 1. The van der Waals surface area contributed by atoms with E-state index in [0.717, 1.165) is 12.8 Å². The molecule has 0 saturated heterocycles. The highest BCUT2D eigenvalue weighted by atomic mass is 32.2. The van der Waals surface area contributed by atoms with Gasteiger partial charge >= 0.3 is 6.03 Å². The Morgan fingerprint density at radius 3 is 3.21 bits per heavy atom. The number of carbonyl (C=O) groups excluding carboxylic acids is 1. The third-order valence-corrected chi connectivity index (χ3v) is 4.37. The van der Waals surface area contributed by atoms with Crippen LogP contribution < -0.4 is 11.1 Å². The first-order valence-corrected chi connectivity index (χ1v) is 5.67. The van der Waals surface area contributed by atoms with E-state index < -0.39 is 0 Å². The van der Waals surface area contributed by atoms with Crippen LogP contribution in [0.15, 0.2) is 15.5 Å². The van der Waals surface area contributed by atoms with Crippen molar-refractivity contribution in [2.45, 2.75) is 24.6 Å². The molecule has 3 N–H and O–H groups in total. The second kappa shape index (κ2) is 2.76. The molecule has 5 heteroatoms. The lowest BCUT2D eigenvalue weighted by molar-refractivity contribution is 0.246. The third-order valence-electron chi connectivity index (χ3n) is 2.97. The van der Waals surface area contributed by atoms with Crippen molar-refractivity contribution in [1.29, 1.82) is 0 Å². The average molecular weight is 209 g/mol. The monoisotopic (exact) mass is 209 g/mol. The summed E-state index contributed by atoms with van der Waals surface area (Å²) in [5, 5.41) is 2.97. The zero-order valence-corrected chi connectivity index (χ0v) is 8.43. The first kappa shape index (κ1) is 8.35. The second-order valence-electron chi connectivity index (χ2n) is 3.80. The van der Waals surface area contributed by atoms with Gasteiger partial charge < -0.3 is 11.1 Å². The summed E-state index contributed by atoms with van der Waals surface area (Å²) in [5.41, 5.74) is 7.23. The molecule has 1 aliphatic carbocycles. The van der Waals surface area contributed by atoms with Crippen LogP contribution in [-0.2, 0) is 0 Å². The number of thioether (sulfide) groups is 1. The Morgan fingerprint density at radius 2 is 2.36 bits per heavy atom. The van der Waals surface area contributed by atoms with Crippen LogP contribution in [0.3, 0.4) is 0 Å². The zero-order chi connectivity index (χ0) is 9.71. The number of nitrogens with zero attached hydrogens (tertiary/aromatic N) is 1. The van der Waals surface area contributed by atoms with Gasteiger partial charge in [0.15, 0.2) is 0 Å². The van der Waals surface area contributed by atoms with Crippen molar-refractivity contribution in [3.05, 3.63) is 10.5 Å². The Kier molecular flexibility index (Phi) is 1.65. The predicted molar refractivity (Wildman–Crippen MR) is 55.9 cm³/mol. The number of amides is 2. The molecule has 0 saturated carbocycles. The smallest absolute Gasteiger partial charge is 0.343 e. The molecule has 2 aliphatic heterocycles. The SMILES string of the molecule is NC1=NC(=O)NC2SC3=C(CCC3)C12. The normalized spacial score (nSPS) is 35.1. The van der Waals surface area contributed by atoms with Crippen molar-refractivity contribution >= 4 is 23.6 Å². The Bertz CT molecular complexity index is 374. The zero-order valence-electron chi connectivity index (χ0n) is 7.62. The van der Waals surface area contributed by atoms with E-state index in [0.29, 0.717) is 5.84 Å². The molecule has 3 aliphatic rings. The van der Waals surface area contributed by atoms with Crippen LogP contribution in [0.5, 0.6) is 0 Å². The van der Waals surface area contributed by atoms with E-state index in [2.05, 4.69) is 10.3 Å². The average Bonchev–Trinajstić information content (AvgIpc) is 2.60. The highest BCUT2D eigenvalue weighted by Gasteiger charge is 2.42. The Balaban J connectivity index is 1.99. The van der Waals surface area contributed by atoms with Crippen LogP contribution in [0.2, 0.25) is 0 Å². The number of amidine groups is 1. The minimum absolute atomic E-state index is 0.116. The summed E-state index contributed by atoms with van der Waals surface area (Å²) in [5.74, 6) is 0.674. The summed E-state index contributed by atoms with van der Waals surface area (Å²) in [6, 6.07) is -0.294. The van der Waals surface area contributed by atoms with E-state index in [-0.39, 0.29) is 17.3 Å². The third kappa shape index (κ3) is 1.02. The fourth-order valence-electron chi connectivity index (χ4n) is 2.39. The highest BCUT2D eigenvalue weighted by molar-refractivity contribution is 8.04. The van der Waals surface area contributed by atoms with Crippen LogP contribution in [0.25, 0.3) is 0 Å². The van der Waals surface area contributed by atoms with Gasteiger partial charge in [0, 0.05) is 0 Å². The lowest BCUT2D eigenvalue weighted by Gasteiger charge is -2.25. The van der Waals surface area contributed by atoms with E-state index in [1.54, 1.807) is 11.8 Å². The number of rotatable bonds is 0. The molecular formula is C9H11N3OS. The highest BCUT2D eigenvalue weighted by Crippen LogP contribution is 2.49. The van der Waals surface area contributed by atoms with Gasteiger partial charge in [-0.15, -0.1) is 11.8 Å². The van der Waals surface area contributed by atoms with Gasteiger partial charge in [-0.2, -0.15) is 4.99 Å². The molecule has 2 atom stereocenters. The molecule has 3 rings (SSSR count). The van der Waals surface area contributed by atoms with Crippen molar-refractivity contribution in [3.8, 4) is 0 Å². The van der Waals surface area contributed by atoms with Crippen LogP contribution in [-0.4, -0.2) is 17.2 Å². The number of nitrogens with one attached hydrogen (secondary N) is 1. The van der Waals surface area contributed by atoms with E-state index >= 15 is 0 Å². The number of hydrogen-bond donors (Lipinski definition) is 2. The summed E-state index contributed by atoms with van der Waals surface area (Å²) < 4.78 is 0. The van der Waals surface area contributed by atoms with Crippen LogP contribution in [0.1, 0.15) is 19.3 Å². The maximum absolute atomic E-state index is 11.1. The summed E-state index contributed by atoms with van der Waals surface area (Å²) in [4.78, 5) is 16.3. The molecule has 0 aromatic heterocycles. The number of allylic oxidation sites excluding steroid dienone is 1. The number of urea groups is 1. The maximum atomic E-state index is 11.1. The number of fused-ring (bicyclic) bond motifs is 2. The molecule has 4 nitrogen and oxygen atoms in total. The molecule has 2 unspecified atom stereocenters. The molecule has 0 spiro atoms. The lowest BCUT2D eigenvalue weighted by Crippen LogP contribution is -2.46. The van der Waals surface area contributed by atoms with Gasteiger partial charge in [0.2, 0.25) is 0 Å². The quantitative estimate of drug-likeness (QED) is 0.629. The fourth-order valence-corrected chi connectivity index (χ4v) is 3.94. The van der Waals surface area contributed by atoms with E-state index in [9.17, 15) is 4.79 Å². The van der Waals surface area contributed by atoms with Crippen LogP contribution in [0, 0.1) is 5.92 Å². The van der Waals surface area contributed by atoms with Gasteiger partial charge in [-0.3, -0.25) is 0 Å². The maximum Gasteiger partial charge on any atom is 0.343 e. The molecule has 14 heavy (non-hydrogen) atoms. The van der Waals surface area contributed by atoms with Gasteiger partial charge in [-0.25, -0.2) is 4.79 Å². The molecule has 74 valence electrons. The van der Waals surface area contributed by atoms with Gasteiger partial charge in [0.25, 0.3) is 0 Å². The van der Waals surface area contributed by atoms with E-state index in [1.807, 2.05) is 0 Å². The molecule has 0 bridgehead atoms. The second-order valence-corrected chi connectivity index (χ2v) is 5.04. The van der Waals surface area contributed by atoms with Gasteiger partial charge in [0.1, 0.15) is 5.84 Å². The number of aliphatic imine (C=N–C) groups is 1. The Morgan fingerprint density at radius 1 is 1.50 bits per heavy atom. The molecule has 2 heterocycles. The lowest BCUT2D eigenvalue weighted by atomic mass is 9.96. The van der Waals surface area contributed by atoms with Crippen molar-refractivity contribution in [3.63, 3.8) is 0 Å². The Hall–Kier alpha value is -0.970. The van der Waals surface area contributed by atoms with Crippen molar-refractivity contribution in [1.82, 2.24) is 5.32 Å². The fraction of sp³-hybridized carbons (Fsp3) is 0.556. The first-order valence-electron chi connectivity index (χ1n) is 4.79. The molecule has 2 amide bonds. The molecule has 0 radical (unpaired) electrons. The van der Waals surface area contributed by atoms with Crippen LogP contribution >= 0.6 is 11.8 Å².